The smallest absolute Gasteiger partial charge is 0.338 e. The van der Waals surface area contributed by atoms with Crippen LogP contribution >= 0.6 is 0 Å². The molecule has 5 nitrogen and oxygen atoms in total. The summed E-state index contributed by atoms with van der Waals surface area (Å²) in [7, 11) is 0. The Morgan fingerprint density at radius 1 is 1.28 bits per heavy atom. The summed E-state index contributed by atoms with van der Waals surface area (Å²) in [5.74, 6) is -0.106. The lowest BCUT2D eigenvalue weighted by molar-refractivity contribution is 0.0526. The van der Waals surface area contributed by atoms with E-state index in [0.717, 1.165) is 29.7 Å². The molecule has 0 saturated carbocycles. The first-order valence-corrected chi connectivity index (χ1v) is 11.0. The molecule has 0 fully saturated rings. The zero-order chi connectivity index (χ0) is 22.7. The summed E-state index contributed by atoms with van der Waals surface area (Å²) >= 11 is 0. The number of H-pyrrole nitrogens is 1. The Hall–Kier alpha value is -3.47. The van der Waals surface area contributed by atoms with Gasteiger partial charge in [-0.05, 0) is 56.5 Å². The highest BCUT2D eigenvalue weighted by molar-refractivity contribution is 5.94. The molecule has 2 atom stereocenters. The summed E-state index contributed by atoms with van der Waals surface area (Å²) in [5, 5.41) is 0. The number of fused-ring (bicyclic) bond motifs is 4. The molecule has 0 unspecified atom stereocenters. The Kier molecular flexibility index (Phi) is 6.08. The third kappa shape index (κ3) is 3.91. The van der Waals surface area contributed by atoms with Crippen molar-refractivity contribution in [3.8, 4) is 0 Å². The van der Waals surface area contributed by atoms with Crippen LogP contribution in [0.1, 0.15) is 54.4 Å². The van der Waals surface area contributed by atoms with Crippen LogP contribution in [0.2, 0.25) is 0 Å². The molecule has 2 bridgehead atoms. The fourth-order valence-electron chi connectivity index (χ4n) is 5.01. The Balaban J connectivity index is 1.72. The molecule has 0 aliphatic heterocycles. The first-order valence-electron chi connectivity index (χ1n) is 11.0. The zero-order valence-corrected chi connectivity index (χ0v) is 18.7. The van der Waals surface area contributed by atoms with Crippen LogP contribution < -0.4 is 5.56 Å². The monoisotopic (exact) mass is 428 g/mol. The second-order valence-electron chi connectivity index (χ2n) is 8.26. The van der Waals surface area contributed by atoms with Gasteiger partial charge in [-0.3, -0.25) is 9.79 Å². The summed E-state index contributed by atoms with van der Waals surface area (Å²) < 4.78 is 5.16. The molecule has 1 aromatic heterocycles. The van der Waals surface area contributed by atoms with Crippen molar-refractivity contribution in [2.75, 3.05) is 6.61 Å². The van der Waals surface area contributed by atoms with Gasteiger partial charge in [0.2, 0.25) is 5.56 Å². The maximum absolute atomic E-state index is 12.2. The van der Waals surface area contributed by atoms with Gasteiger partial charge in [0.05, 0.1) is 12.2 Å². The number of esters is 1. The molecule has 32 heavy (non-hydrogen) atoms. The maximum atomic E-state index is 12.2. The molecular formula is C27H28N2O3. The molecule has 0 spiro atoms. The summed E-state index contributed by atoms with van der Waals surface area (Å²) in [6, 6.07) is 10.9. The first-order chi connectivity index (χ1) is 15.5. The normalized spacial score (nSPS) is 23.4. The van der Waals surface area contributed by atoms with E-state index in [4.69, 9.17) is 9.73 Å². The zero-order valence-electron chi connectivity index (χ0n) is 18.7. The van der Waals surface area contributed by atoms with Gasteiger partial charge in [0, 0.05) is 35.9 Å². The van der Waals surface area contributed by atoms with E-state index in [-0.39, 0.29) is 17.4 Å². The van der Waals surface area contributed by atoms with Crippen molar-refractivity contribution >= 4 is 18.3 Å². The molecule has 1 heterocycles. The topological polar surface area (TPSA) is 71.5 Å². The Morgan fingerprint density at radius 3 is 2.88 bits per heavy atom. The predicted octanol–water partition coefficient (Wildman–Crippen LogP) is 5.00. The predicted molar refractivity (Wildman–Crippen MR) is 128 cm³/mol. The van der Waals surface area contributed by atoms with Gasteiger partial charge in [-0.1, -0.05) is 42.0 Å². The fraction of sp³-hybridized carbons (Fsp3) is 0.296. The van der Waals surface area contributed by atoms with Crippen LogP contribution in [0.4, 0.5) is 0 Å². The molecule has 5 heteroatoms. The van der Waals surface area contributed by atoms with Gasteiger partial charge >= 0.3 is 5.97 Å². The Morgan fingerprint density at radius 2 is 2.09 bits per heavy atom. The number of pyridine rings is 1. The van der Waals surface area contributed by atoms with E-state index < -0.39 is 5.54 Å². The highest BCUT2D eigenvalue weighted by Gasteiger charge is 2.46. The number of carbonyl (C=O) groups excluding carboxylic acids is 1. The molecule has 4 rings (SSSR count). The van der Waals surface area contributed by atoms with Gasteiger partial charge < -0.3 is 9.72 Å². The van der Waals surface area contributed by atoms with Crippen molar-refractivity contribution in [1.82, 2.24) is 4.98 Å². The van der Waals surface area contributed by atoms with Gasteiger partial charge in [-0.25, -0.2) is 4.79 Å². The van der Waals surface area contributed by atoms with Gasteiger partial charge in [0.15, 0.2) is 0 Å². The number of allylic oxidation sites excluding steroid dienone is 3. The van der Waals surface area contributed by atoms with E-state index in [1.54, 1.807) is 25.3 Å². The second-order valence-corrected chi connectivity index (χ2v) is 8.26. The lowest BCUT2D eigenvalue weighted by Crippen LogP contribution is -2.40. The molecule has 0 radical (unpaired) electrons. The minimum Gasteiger partial charge on any atom is -0.462 e. The molecule has 2 aromatic rings. The lowest BCUT2D eigenvalue weighted by Gasteiger charge is -2.45. The van der Waals surface area contributed by atoms with E-state index in [0.29, 0.717) is 12.2 Å². The first kappa shape index (κ1) is 21.8. The van der Waals surface area contributed by atoms with Crippen LogP contribution in [0.5, 0.6) is 0 Å². The van der Waals surface area contributed by atoms with Gasteiger partial charge in [0.1, 0.15) is 5.54 Å². The van der Waals surface area contributed by atoms with Gasteiger partial charge in [-0.2, -0.15) is 0 Å². The third-order valence-corrected chi connectivity index (χ3v) is 6.19. The molecule has 0 saturated heterocycles. The summed E-state index contributed by atoms with van der Waals surface area (Å²) in [6.07, 6.45) is 11.6. The number of nitrogens with one attached hydrogen (secondary N) is 1. The molecule has 1 N–H and O–H groups in total. The van der Waals surface area contributed by atoms with Crippen LogP contribution in [-0.4, -0.2) is 23.8 Å². The number of aromatic amines is 1. The summed E-state index contributed by atoms with van der Waals surface area (Å²) in [5.41, 5.74) is 5.29. The molecule has 2 aliphatic rings. The van der Waals surface area contributed by atoms with E-state index in [2.05, 4.69) is 31.0 Å². The lowest BCUT2D eigenvalue weighted by atomic mass is 9.63. The van der Waals surface area contributed by atoms with E-state index in [1.807, 2.05) is 36.4 Å². The number of hydrogen-bond donors (Lipinski definition) is 1. The summed E-state index contributed by atoms with van der Waals surface area (Å²) in [6.45, 7) is 6.34. The van der Waals surface area contributed by atoms with Gasteiger partial charge in [0.25, 0.3) is 0 Å². The summed E-state index contributed by atoms with van der Waals surface area (Å²) in [4.78, 5) is 32.3. The van der Waals surface area contributed by atoms with Crippen LogP contribution in [0.15, 0.2) is 75.6 Å². The van der Waals surface area contributed by atoms with Crippen LogP contribution in [-0.2, 0) is 16.7 Å². The van der Waals surface area contributed by atoms with Crippen molar-refractivity contribution in [3.63, 3.8) is 0 Å². The number of aromatic nitrogens is 1. The average molecular weight is 429 g/mol. The second kappa shape index (κ2) is 8.95. The van der Waals surface area contributed by atoms with Gasteiger partial charge in [-0.15, -0.1) is 0 Å². The average Bonchev–Trinajstić information content (AvgIpc) is 2.76. The molecular weight excluding hydrogens is 400 g/mol. The van der Waals surface area contributed by atoms with E-state index >= 15 is 0 Å². The number of benzene rings is 1. The quantitative estimate of drug-likeness (QED) is 0.414. The number of carbonyl (C=O) groups is 1. The van der Waals surface area contributed by atoms with Crippen LogP contribution in [0.25, 0.3) is 6.08 Å². The van der Waals surface area contributed by atoms with Crippen molar-refractivity contribution in [3.05, 3.63) is 98.5 Å². The van der Waals surface area contributed by atoms with Crippen LogP contribution in [0, 0.1) is 5.92 Å². The maximum Gasteiger partial charge on any atom is 0.338 e. The van der Waals surface area contributed by atoms with E-state index in [9.17, 15) is 9.59 Å². The Labute approximate surface area is 188 Å². The SMILES string of the molecule is C/C=C1\[C@H]2C=C(C)C[C@]1(/N=C/C=C/c1ccccc1C(=O)OCC)c1ccc(=O)[nH]c1C2. The number of nitrogens with zero attached hydrogens (tertiary/aromatic N) is 1. The molecule has 164 valence electrons. The fourth-order valence-corrected chi connectivity index (χ4v) is 5.01. The standard InChI is InChI=1S/C27H28N2O3/c1-4-22-20-15-18(3)17-27(22,23-12-13-25(30)29-24(23)16-20)28-14-8-10-19-9-6-7-11-21(19)26(31)32-5-2/h4,6-15,20H,5,16-17H2,1-3H3,(H,29,30)/b10-8+,22-4+,28-14+/t20-,27+/m0/s1. The minimum absolute atomic E-state index is 0.0824. The third-order valence-electron chi connectivity index (χ3n) is 6.19. The highest BCUT2D eigenvalue weighted by Crippen LogP contribution is 2.51. The number of hydrogen-bond acceptors (Lipinski definition) is 4. The van der Waals surface area contributed by atoms with Crippen molar-refractivity contribution < 1.29 is 9.53 Å². The molecule has 2 aliphatic carbocycles. The minimum atomic E-state index is -0.527. The van der Waals surface area contributed by atoms with Crippen molar-refractivity contribution in [2.45, 2.75) is 39.2 Å². The van der Waals surface area contributed by atoms with Crippen LogP contribution in [0.3, 0.4) is 0 Å². The molecule has 0 amide bonds. The van der Waals surface area contributed by atoms with Crippen molar-refractivity contribution in [2.24, 2.45) is 10.9 Å². The largest absolute Gasteiger partial charge is 0.462 e. The number of rotatable bonds is 5. The highest BCUT2D eigenvalue weighted by atomic mass is 16.5. The molecule has 1 aromatic carbocycles. The van der Waals surface area contributed by atoms with E-state index in [1.165, 1.54) is 11.1 Å². The number of aliphatic imine (C=N–C) groups is 1. The van der Waals surface area contributed by atoms with Crippen molar-refractivity contribution in [1.29, 1.82) is 0 Å². The number of ether oxygens (including phenoxy) is 1. The Bertz CT molecular complexity index is 1220.